The number of nitriles is 1. The summed E-state index contributed by atoms with van der Waals surface area (Å²) in [6, 6.07) is 1.40. The second-order valence-electron chi connectivity index (χ2n) is 3.75. The molecule has 5 nitrogen and oxygen atoms in total. The van der Waals surface area contributed by atoms with Gasteiger partial charge in [0.15, 0.2) is 9.84 Å². The van der Waals surface area contributed by atoms with Crippen molar-refractivity contribution in [2.75, 3.05) is 17.3 Å². The smallest absolute Gasteiger partial charge is 0.231 e. The molecule has 1 heterocycles. The molecule has 1 saturated heterocycles. The Morgan fingerprint density at radius 3 is 2.88 bits per heavy atom. The Balaban J connectivity index is 2.26. The van der Waals surface area contributed by atoms with Crippen LogP contribution >= 0.6 is 11.8 Å². The maximum absolute atomic E-state index is 11.3. The van der Waals surface area contributed by atoms with Crippen LogP contribution in [0.25, 0.3) is 0 Å². The fourth-order valence-electron chi connectivity index (χ4n) is 1.40. The number of rotatable bonds is 4. The van der Waals surface area contributed by atoms with Gasteiger partial charge < -0.3 is 5.32 Å². The summed E-state index contributed by atoms with van der Waals surface area (Å²) in [6.07, 6.45) is 0.619. The lowest BCUT2D eigenvalue weighted by atomic mass is 10.4. The van der Waals surface area contributed by atoms with Crippen molar-refractivity contribution < 1.29 is 13.2 Å². The van der Waals surface area contributed by atoms with E-state index in [0.29, 0.717) is 6.42 Å². The van der Waals surface area contributed by atoms with Gasteiger partial charge in [0.1, 0.15) is 6.04 Å². The second kappa shape index (κ2) is 5.55. The molecule has 1 fully saturated rings. The molecular formula is C9H14N2O3S2. The average Bonchev–Trinajstić information content (AvgIpc) is 2.55. The first-order valence-electron chi connectivity index (χ1n) is 4.94. The Labute approximate surface area is 99.5 Å². The lowest BCUT2D eigenvalue weighted by Crippen LogP contribution is -2.33. The number of carbonyl (C=O) groups is 1. The normalized spacial score (nSPS) is 24.6. The first-order chi connectivity index (χ1) is 7.43. The number of thioether (sulfide) groups is 1. The molecule has 7 heteroatoms. The molecular weight excluding hydrogens is 248 g/mol. The molecule has 0 bridgehead atoms. The van der Waals surface area contributed by atoms with Gasteiger partial charge in [-0.05, 0) is 13.3 Å². The predicted octanol–water partition coefficient (Wildman–Crippen LogP) is -0.0650. The average molecular weight is 262 g/mol. The largest absolute Gasteiger partial charge is 0.340 e. The number of nitrogens with one attached hydrogen (secondary N) is 1. The van der Waals surface area contributed by atoms with Gasteiger partial charge in [0.25, 0.3) is 0 Å². The first-order valence-corrected chi connectivity index (χ1v) is 7.81. The third kappa shape index (κ3) is 4.41. The Bertz CT molecular complexity index is 399. The summed E-state index contributed by atoms with van der Waals surface area (Å²) >= 11 is 1.35. The third-order valence-electron chi connectivity index (χ3n) is 2.21. The molecule has 0 aromatic carbocycles. The van der Waals surface area contributed by atoms with E-state index in [9.17, 15) is 13.2 Å². The topological polar surface area (TPSA) is 87.0 Å². The molecule has 16 heavy (non-hydrogen) atoms. The molecule has 2 atom stereocenters. The molecule has 0 aromatic rings. The standard InChI is InChI=1S/C9H14N2O3S2/c1-7(4-10)11-9(12)5-15-8-2-3-16(13,14)6-8/h7-8H,2-3,5-6H2,1H3,(H,11,12). The van der Waals surface area contributed by atoms with E-state index >= 15 is 0 Å². The van der Waals surface area contributed by atoms with Gasteiger partial charge in [-0.3, -0.25) is 4.79 Å². The van der Waals surface area contributed by atoms with E-state index in [-0.39, 0.29) is 28.4 Å². The number of hydrogen-bond donors (Lipinski definition) is 1. The van der Waals surface area contributed by atoms with Gasteiger partial charge in [-0.2, -0.15) is 5.26 Å². The lowest BCUT2D eigenvalue weighted by molar-refractivity contribution is -0.118. The maximum atomic E-state index is 11.3. The van der Waals surface area contributed by atoms with E-state index in [0.717, 1.165) is 0 Å². The number of nitrogens with zero attached hydrogens (tertiary/aromatic N) is 1. The van der Waals surface area contributed by atoms with Crippen molar-refractivity contribution in [3.8, 4) is 6.07 Å². The van der Waals surface area contributed by atoms with Crippen LogP contribution in [-0.4, -0.2) is 42.9 Å². The zero-order valence-corrected chi connectivity index (χ0v) is 10.6. The van der Waals surface area contributed by atoms with Crippen LogP contribution < -0.4 is 5.32 Å². The monoisotopic (exact) mass is 262 g/mol. The molecule has 1 aliphatic rings. The van der Waals surface area contributed by atoms with Crippen molar-refractivity contribution >= 4 is 27.5 Å². The zero-order valence-electron chi connectivity index (χ0n) is 8.97. The van der Waals surface area contributed by atoms with Crippen LogP contribution in [0.5, 0.6) is 0 Å². The molecule has 1 rings (SSSR count). The van der Waals surface area contributed by atoms with E-state index in [4.69, 9.17) is 5.26 Å². The van der Waals surface area contributed by atoms with E-state index in [1.807, 2.05) is 6.07 Å². The summed E-state index contributed by atoms with van der Waals surface area (Å²) in [6.45, 7) is 1.60. The molecule has 1 aliphatic heterocycles. The summed E-state index contributed by atoms with van der Waals surface area (Å²) in [4.78, 5) is 11.3. The SMILES string of the molecule is CC(C#N)NC(=O)CSC1CCS(=O)(=O)C1. The van der Waals surface area contributed by atoms with Crippen molar-refractivity contribution in [3.63, 3.8) is 0 Å². The number of sulfone groups is 1. The van der Waals surface area contributed by atoms with Crippen LogP contribution in [0.15, 0.2) is 0 Å². The van der Waals surface area contributed by atoms with Crippen molar-refractivity contribution in [2.24, 2.45) is 0 Å². The highest BCUT2D eigenvalue weighted by atomic mass is 32.2. The Kier molecular flexibility index (Phi) is 4.62. The summed E-state index contributed by atoms with van der Waals surface area (Å²) in [5.74, 6) is 0.384. The van der Waals surface area contributed by atoms with E-state index in [1.54, 1.807) is 6.92 Å². The second-order valence-corrected chi connectivity index (χ2v) is 7.27. The molecule has 90 valence electrons. The minimum absolute atomic E-state index is 0.0214. The zero-order chi connectivity index (χ0) is 12.2. The fourth-order valence-corrected chi connectivity index (χ4v) is 4.86. The minimum Gasteiger partial charge on any atom is -0.340 e. The van der Waals surface area contributed by atoms with Gasteiger partial charge in [0, 0.05) is 5.25 Å². The van der Waals surface area contributed by atoms with Crippen molar-refractivity contribution in [1.82, 2.24) is 5.32 Å². The quantitative estimate of drug-likeness (QED) is 0.766. The first kappa shape index (κ1) is 13.3. The highest BCUT2D eigenvalue weighted by Gasteiger charge is 2.28. The molecule has 0 radical (unpaired) electrons. The van der Waals surface area contributed by atoms with Crippen molar-refractivity contribution in [1.29, 1.82) is 5.26 Å². The van der Waals surface area contributed by atoms with Crippen LogP contribution in [0.1, 0.15) is 13.3 Å². The van der Waals surface area contributed by atoms with E-state index in [2.05, 4.69) is 5.32 Å². The van der Waals surface area contributed by atoms with E-state index < -0.39 is 15.9 Å². The number of hydrogen-bond acceptors (Lipinski definition) is 5. The molecule has 0 saturated carbocycles. The maximum Gasteiger partial charge on any atom is 0.231 e. The molecule has 0 aromatic heterocycles. The summed E-state index contributed by atoms with van der Waals surface area (Å²) < 4.78 is 22.3. The highest BCUT2D eigenvalue weighted by molar-refractivity contribution is 8.02. The Morgan fingerprint density at radius 2 is 2.38 bits per heavy atom. The van der Waals surface area contributed by atoms with Crippen LogP contribution in [0.3, 0.4) is 0 Å². The van der Waals surface area contributed by atoms with Crippen LogP contribution in [-0.2, 0) is 14.6 Å². The molecule has 0 aliphatic carbocycles. The number of carbonyl (C=O) groups excluding carboxylic acids is 1. The van der Waals surface area contributed by atoms with Crippen LogP contribution in [0.4, 0.5) is 0 Å². The molecule has 1 N–H and O–H groups in total. The van der Waals surface area contributed by atoms with E-state index in [1.165, 1.54) is 11.8 Å². The van der Waals surface area contributed by atoms with Gasteiger partial charge in [-0.1, -0.05) is 0 Å². The minimum atomic E-state index is -2.88. The lowest BCUT2D eigenvalue weighted by Gasteiger charge is -2.08. The fraction of sp³-hybridized carbons (Fsp3) is 0.778. The van der Waals surface area contributed by atoms with Crippen molar-refractivity contribution in [3.05, 3.63) is 0 Å². The van der Waals surface area contributed by atoms with Gasteiger partial charge in [-0.25, -0.2) is 8.42 Å². The van der Waals surface area contributed by atoms with Gasteiger partial charge >= 0.3 is 0 Å². The molecule has 2 unspecified atom stereocenters. The van der Waals surface area contributed by atoms with Gasteiger partial charge in [-0.15, -0.1) is 11.8 Å². The molecule has 1 amide bonds. The highest BCUT2D eigenvalue weighted by Crippen LogP contribution is 2.23. The predicted molar refractivity (Wildman–Crippen MR) is 62.7 cm³/mol. The number of amides is 1. The summed E-state index contributed by atoms with van der Waals surface area (Å²) in [7, 11) is -2.88. The van der Waals surface area contributed by atoms with Crippen molar-refractivity contribution in [2.45, 2.75) is 24.6 Å². The van der Waals surface area contributed by atoms with Crippen LogP contribution in [0, 0.1) is 11.3 Å². The van der Waals surface area contributed by atoms with Crippen LogP contribution in [0.2, 0.25) is 0 Å². The summed E-state index contributed by atoms with van der Waals surface area (Å²) in [5.41, 5.74) is 0. The Hall–Kier alpha value is -0.740. The third-order valence-corrected chi connectivity index (χ3v) is 5.49. The Morgan fingerprint density at radius 1 is 1.69 bits per heavy atom. The van der Waals surface area contributed by atoms with Gasteiger partial charge in [0.2, 0.25) is 5.91 Å². The van der Waals surface area contributed by atoms with Gasteiger partial charge in [0.05, 0.1) is 23.3 Å². The molecule has 0 spiro atoms. The summed E-state index contributed by atoms with van der Waals surface area (Å²) in [5, 5.41) is 11.0.